The Balaban J connectivity index is 1.69. The predicted molar refractivity (Wildman–Crippen MR) is 141 cm³/mol. The molecule has 4 amide bonds. The van der Waals surface area contributed by atoms with Crippen LogP contribution >= 0.6 is 23.2 Å². The number of rotatable bonds is 11. The van der Waals surface area contributed by atoms with Gasteiger partial charge in [-0.15, -0.1) is 0 Å². The normalized spacial score (nSPS) is 18.7. The number of hydrogen-bond donors (Lipinski definition) is 4. The lowest BCUT2D eigenvalue weighted by atomic mass is 9.87. The number of carbonyl (C=O) groups excluding carboxylic acids is 5. The van der Waals surface area contributed by atoms with Gasteiger partial charge in [-0.05, 0) is 49.7 Å². The Morgan fingerprint density at radius 3 is 2.37 bits per heavy atom. The number of ketones is 1. The Morgan fingerprint density at radius 1 is 1.08 bits per heavy atom. The highest BCUT2D eigenvalue weighted by molar-refractivity contribution is 6.38. The fourth-order valence-corrected chi connectivity index (χ4v) is 4.55. The summed E-state index contributed by atoms with van der Waals surface area (Å²) in [6.45, 7) is 5.99. The van der Waals surface area contributed by atoms with Crippen LogP contribution in [-0.2, 0) is 30.5 Å². The zero-order chi connectivity index (χ0) is 28.0. The number of hydrogen-bond acceptors (Lipinski definition) is 6. The molecule has 0 bridgehead atoms. The summed E-state index contributed by atoms with van der Waals surface area (Å²) in [6, 6.07) is 2.43. The second kappa shape index (κ2) is 12.8. The van der Waals surface area contributed by atoms with Crippen molar-refractivity contribution in [3.63, 3.8) is 0 Å². The van der Waals surface area contributed by atoms with Crippen LogP contribution in [0.2, 0.25) is 10.0 Å². The molecule has 1 saturated carbocycles. The van der Waals surface area contributed by atoms with E-state index in [-0.39, 0.29) is 36.8 Å². The Bertz CT molecular complexity index is 1090. The fourth-order valence-electron chi connectivity index (χ4n) is 4.09. The average Bonchev–Trinajstić information content (AvgIpc) is 3.55. The highest BCUT2D eigenvalue weighted by atomic mass is 35.5. The maximum absolute atomic E-state index is 13.3. The van der Waals surface area contributed by atoms with Crippen molar-refractivity contribution >= 4 is 52.8 Å². The zero-order valence-corrected chi connectivity index (χ0v) is 23.2. The minimum absolute atomic E-state index is 0.0176. The number of amides is 4. The Labute approximate surface area is 231 Å². The largest absolute Gasteiger partial charge is 0.445 e. The van der Waals surface area contributed by atoms with Gasteiger partial charge in [-0.3, -0.25) is 19.2 Å². The van der Waals surface area contributed by atoms with Crippen LogP contribution in [0.1, 0.15) is 58.4 Å². The van der Waals surface area contributed by atoms with E-state index in [1.807, 2.05) is 20.8 Å². The molecule has 38 heavy (non-hydrogen) atoms. The molecule has 2 fully saturated rings. The van der Waals surface area contributed by atoms with Crippen molar-refractivity contribution in [1.82, 2.24) is 21.3 Å². The summed E-state index contributed by atoms with van der Waals surface area (Å²) in [7, 11) is 0. The summed E-state index contributed by atoms with van der Waals surface area (Å²) in [6.07, 6.45) is 1.42. The second-order valence-electron chi connectivity index (χ2n) is 11.0. The van der Waals surface area contributed by atoms with Crippen LogP contribution in [-0.4, -0.2) is 54.3 Å². The first-order valence-corrected chi connectivity index (χ1v) is 13.4. The lowest BCUT2D eigenvalue weighted by Crippen LogP contribution is -2.55. The molecule has 0 aromatic heterocycles. The first kappa shape index (κ1) is 29.7. The van der Waals surface area contributed by atoms with Crippen molar-refractivity contribution in [3.8, 4) is 0 Å². The van der Waals surface area contributed by atoms with Crippen LogP contribution in [0.3, 0.4) is 0 Å². The molecule has 1 aliphatic carbocycles. The predicted octanol–water partition coefficient (Wildman–Crippen LogP) is 2.88. The van der Waals surface area contributed by atoms with Crippen LogP contribution in [0.15, 0.2) is 18.2 Å². The first-order valence-electron chi connectivity index (χ1n) is 12.6. The van der Waals surface area contributed by atoms with E-state index in [1.165, 1.54) is 6.07 Å². The van der Waals surface area contributed by atoms with Crippen molar-refractivity contribution in [2.75, 3.05) is 6.54 Å². The molecule has 1 aromatic carbocycles. The van der Waals surface area contributed by atoms with Crippen molar-refractivity contribution in [2.45, 2.75) is 77.6 Å². The van der Waals surface area contributed by atoms with Crippen molar-refractivity contribution in [1.29, 1.82) is 0 Å². The lowest BCUT2D eigenvalue weighted by Gasteiger charge is -2.28. The number of Topliss-reactive ketones (excluding diaryl/α,β-unsaturated/α-hetero) is 1. The number of alkyl carbamates (subject to hydrolysis) is 1. The van der Waals surface area contributed by atoms with Crippen LogP contribution in [0, 0.1) is 11.3 Å². The van der Waals surface area contributed by atoms with Gasteiger partial charge < -0.3 is 26.0 Å². The SMILES string of the molecule is CC(C)(C)C[C@H](NC(=O)OCc1ccc(Cl)cc1Cl)C(=O)NC(C[C@@H]1CCNC1=O)C(=O)C(=O)NC1CC1. The third kappa shape index (κ3) is 9.16. The third-order valence-corrected chi connectivity index (χ3v) is 6.84. The molecule has 10 nitrogen and oxygen atoms in total. The van der Waals surface area contributed by atoms with Crippen LogP contribution in [0.5, 0.6) is 0 Å². The van der Waals surface area contributed by atoms with Gasteiger partial charge in [-0.25, -0.2) is 4.79 Å². The van der Waals surface area contributed by atoms with Crippen LogP contribution in [0.4, 0.5) is 4.79 Å². The van der Waals surface area contributed by atoms with Gasteiger partial charge in [-0.2, -0.15) is 0 Å². The van der Waals surface area contributed by atoms with E-state index >= 15 is 0 Å². The van der Waals surface area contributed by atoms with Gasteiger partial charge in [-0.1, -0.05) is 50.0 Å². The Kier molecular flexibility index (Phi) is 10.0. The maximum atomic E-state index is 13.3. The highest BCUT2D eigenvalue weighted by Crippen LogP contribution is 2.24. The number of ether oxygens (including phenoxy) is 1. The van der Waals surface area contributed by atoms with E-state index in [9.17, 15) is 24.0 Å². The molecular weight excluding hydrogens is 535 g/mol. The van der Waals surface area contributed by atoms with E-state index in [0.29, 0.717) is 28.6 Å². The summed E-state index contributed by atoms with van der Waals surface area (Å²) < 4.78 is 5.27. The molecular formula is C26H34Cl2N4O6. The van der Waals surface area contributed by atoms with Crippen molar-refractivity contribution < 1.29 is 28.7 Å². The van der Waals surface area contributed by atoms with Gasteiger partial charge in [0.2, 0.25) is 17.6 Å². The summed E-state index contributed by atoms with van der Waals surface area (Å²) >= 11 is 12.0. The summed E-state index contributed by atoms with van der Waals surface area (Å²) in [4.78, 5) is 63.6. The number of nitrogens with one attached hydrogen (secondary N) is 4. The molecule has 0 radical (unpaired) electrons. The molecule has 3 atom stereocenters. The van der Waals surface area contributed by atoms with Crippen LogP contribution < -0.4 is 21.3 Å². The summed E-state index contributed by atoms with van der Waals surface area (Å²) in [5, 5.41) is 11.3. The van der Waals surface area contributed by atoms with Gasteiger partial charge >= 0.3 is 6.09 Å². The molecule has 1 unspecified atom stereocenters. The Morgan fingerprint density at radius 2 is 1.79 bits per heavy atom. The molecule has 1 saturated heterocycles. The minimum atomic E-state index is -1.22. The third-order valence-electron chi connectivity index (χ3n) is 6.25. The number of halogens is 2. The smallest absolute Gasteiger partial charge is 0.408 e. The molecule has 208 valence electrons. The minimum Gasteiger partial charge on any atom is -0.445 e. The summed E-state index contributed by atoms with van der Waals surface area (Å²) in [5.41, 5.74) is 0.147. The molecule has 3 rings (SSSR count). The fraction of sp³-hybridized carbons (Fsp3) is 0.577. The van der Waals surface area contributed by atoms with E-state index in [1.54, 1.807) is 12.1 Å². The first-order chi connectivity index (χ1) is 17.8. The quantitative estimate of drug-likeness (QED) is 0.302. The maximum Gasteiger partial charge on any atom is 0.408 e. The van der Waals surface area contributed by atoms with Gasteiger partial charge in [0.1, 0.15) is 12.6 Å². The zero-order valence-electron chi connectivity index (χ0n) is 21.7. The standard InChI is InChI=1S/C26H34Cl2N4O6/c1-26(2,3)12-20(32-25(37)38-13-15-4-5-16(27)11-18(15)28)23(35)31-19(10-14-8-9-29-22(14)34)21(33)24(36)30-17-6-7-17/h4-5,11,14,17,19-20H,6-10,12-13H2,1-3H3,(H,29,34)(H,30,36)(H,31,35)(H,32,37)/t14-,19?,20-/m0/s1. The molecule has 1 aromatic rings. The molecule has 1 heterocycles. The topological polar surface area (TPSA) is 143 Å². The van der Waals surface area contributed by atoms with Crippen molar-refractivity contribution in [2.24, 2.45) is 11.3 Å². The Hall–Kier alpha value is -2.85. The monoisotopic (exact) mass is 568 g/mol. The number of benzene rings is 1. The summed E-state index contributed by atoms with van der Waals surface area (Å²) in [5.74, 6) is -3.01. The lowest BCUT2D eigenvalue weighted by molar-refractivity contribution is -0.141. The van der Waals surface area contributed by atoms with E-state index in [4.69, 9.17) is 27.9 Å². The number of carbonyl (C=O) groups is 5. The van der Waals surface area contributed by atoms with Crippen LogP contribution in [0.25, 0.3) is 0 Å². The highest BCUT2D eigenvalue weighted by Gasteiger charge is 2.37. The molecule has 12 heteroatoms. The molecule has 0 spiro atoms. The van der Waals surface area contributed by atoms with Crippen molar-refractivity contribution in [3.05, 3.63) is 33.8 Å². The van der Waals surface area contributed by atoms with E-state index < -0.39 is 41.7 Å². The molecule has 4 N–H and O–H groups in total. The van der Waals surface area contributed by atoms with Gasteiger partial charge in [0, 0.05) is 34.1 Å². The van der Waals surface area contributed by atoms with Gasteiger partial charge in [0.05, 0.1) is 6.04 Å². The second-order valence-corrected chi connectivity index (χ2v) is 11.8. The average molecular weight is 569 g/mol. The van der Waals surface area contributed by atoms with E-state index in [2.05, 4.69) is 21.3 Å². The molecule has 2 aliphatic rings. The van der Waals surface area contributed by atoms with Gasteiger partial charge in [0.15, 0.2) is 0 Å². The molecule has 1 aliphatic heterocycles. The van der Waals surface area contributed by atoms with E-state index in [0.717, 1.165) is 12.8 Å². The van der Waals surface area contributed by atoms with Gasteiger partial charge in [0.25, 0.3) is 5.91 Å².